The van der Waals surface area contributed by atoms with Crippen LogP contribution in [-0.2, 0) is 0 Å². The molecule has 0 radical (unpaired) electrons. The van der Waals surface area contributed by atoms with Crippen LogP contribution in [0.4, 0.5) is 34.1 Å². The van der Waals surface area contributed by atoms with E-state index in [2.05, 4.69) is 266 Å². The predicted molar refractivity (Wildman–Crippen MR) is 279 cm³/mol. The average Bonchev–Trinajstić information content (AvgIpc) is 4.00. The van der Waals surface area contributed by atoms with E-state index >= 15 is 0 Å². The summed E-state index contributed by atoms with van der Waals surface area (Å²) in [6.45, 7) is 0. The second-order valence-corrected chi connectivity index (χ2v) is 16.9. The fourth-order valence-corrected chi connectivity index (χ4v) is 10.1. The van der Waals surface area contributed by atoms with Crippen molar-refractivity contribution < 1.29 is 0 Å². The number of benzene rings is 10. The Bertz CT molecular complexity index is 3530. The molecule has 0 bridgehead atoms. The van der Waals surface area contributed by atoms with Crippen molar-refractivity contribution in [2.45, 2.75) is 0 Å². The Morgan fingerprint density at radius 3 is 0.758 bits per heavy atom. The van der Waals surface area contributed by atoms with Gasteiger partial charge in [-0.15, -0.1) is 0 Å². The number of aromatic nitrogens is 3. The second kappa shape index (κ2) is 15.4. The summed E-state index contributed by atoms with van der Waals surface area (Å²) in [6, 6.07) is 84.4. The topological polar surface area (TPSA) is 50.9 Å². The Hall–Kier alpha value is -9.00. The summed E-state index contributed by atoms with van der Waals surface area (Å²) in [7, 11) is 0. The molecular weight excluding hydrogens is 805 g/mol. The third-order valence-corrected chi connectivity index (χ3v) is 12.9. The van der Waals surface area contributed by atoms with Gasteiger partial charge >= 0.3 is 0 Å². The number of rotatable bonds is 9. The predicted octanol–water partition coefficient (Wildman–Crippen LogP) is 16.2. The van der Waals surface area contributed by atoms with Gasteiger partial charge in [-0.2, -0.15) is 0 Å². The molecule has 0 fully saturated rings. The molecule has 0 amide bonds. The van der Waals surface area contributed by atoms with Crippen molar-refractivity contribution in [3.05, 3.63) is 237 Å². The van der Waals surface area contributed by atoms with Gasteiger partial charge in [0.15, 0.2) is 0 Å². The zero-order valence-electron chi connectivity index (χ0n) is 35.9. The second-order valence-electron chi connectivity index (χ2n) is 16.9. The van der Waals surface area contributed by atoms with Crippen molar-refractivity contribution in [1.82, 2.24) is 13.7 Å². The highest BCUT2D eigenvalue weighted by Gasteiger charge is 2.17. The molecular formula is C60H42N6. The molecule has 0 unspecified atom stereocenters. The lowest BCUT2D eigenvalue weighted by Gasteiger charge is -2.16. The number of para-hydroxylation sites is 6. The van der Waals surface area contributed by atoms with E-state index in [0.717, 1.165) is 51.2 Å². The molecule has 0 aliphatic rings. The van der Waals surface area contributed by atoms with E-state index in [0.29, 0.717) is 0 Å². The van der Waals surface area contributed by atoms with Crippen LogP contribution in [0.1, 0.15) is 0 Å². The normalized spacial score (nSPS) is 11.6. The molecule has 6 nitrogen and oxygen atoms in total. The van der Waals surface area contributed by atoms with Gasteiger partial charge in [-0.3, -0.25) is 0 Å². The molecule has 312 valence electrons. The summed E-state index contributed by atoms with van der Waals surface area (Å²) in [5, 5.41) is 18.7. The fourth-order valence-electron chi connectivity index (χ4n) is 10.1. The largest absolute Gasteiger partial charge is 0.355 e. The minimum atomic E-state index is 0.956. The Morgan fingerprint density at radius 2 is 0.455 bits per heavy atom. The Morgan fingerprint density at radius 1 is 0.197 bits per heavy atom. The maximum Gasteiger partial charge on any atom is 0.0542 e. The van der Waals surface area contributed by atoms with E-state index in [9.17, 15) is 0 Å². The number of hydrogen-bond donors (Lipinski definition) is 3. The molecule has 0 aliphatic heterocycles. The van der Waals surface area contributed by atoms with E-state index in [1.807, 2.05) is 0 Å². The van der Waals surface area contributed by atoms with Crippen molar-refractivity contribution in [3.8, 4) is 17.1 Å². The van der Waals surface area contributed by atoms with Crippen LogP contribution in [-0.4, -0.2) is 13.7 Å². The van der Waals surface area contributed by atoms with Crippen LogP contribution in [0.2, 0.25) is 0 Å². The fraction of sp³-hybridized carbons (Fsp3) is 0. The zero-order valence-corrected chi connectivity index (χ0v) is 35.9. The maximum absolute atomic E-state index is 3.82. The highest BCUT2D eigenvalue weighted by Crippen LogP contribution is 2.39. The lowest BCUT2D eigenvalue weighted by molar-refractivity contribution is 1.18. The molecule has 3 N–H and O–H groups in total. The van der Waals surface area contributed by atoms with Gasteiger partial charge in [0.1, 0.15) is 0 Å². The van der Waals surface area contributed by atoms with Gasteiger partial charge in [-0.25, -0.2) is 0 Å². The first kappa shape index (κ1) is 37.5. The first-order valence-electron chi connectivity index (χ1n) is 22.4. The van der Waals surface area contributed by atoms with E-state index in [1.165, 1.54) is 65.4 Å². The van der Waals surface area contributed by atoms with Crippen LogP contribution in [0, 0.1) is 0 Å². The van der Waals surface area contributed by atoms with Crippen molar-refractivity contribution in [2.24, 2.45) is 0 Å². The maximum atomic E-state index is 3.82. The molecule has 3 heterocycles. The van der Waals surface area contributed by atoms with Crippen LogP contribution in [0.3, 0.4) is 0 Å². The highest BCUT2D eigenvalue weighted by molar-refractivity contribution is 6.12. The minimum absolute atomic E-state index is 0.956. The SMILES string of the molecule is c1ccc(-n2c3ccccc3c3cc(Nc4cc(Nc5ccc6c(c5)c5ccccc5n6-c5ccccc5)cc(Nc5ccc6c(c5)c5ccccc5n6-c5ccccc5)c4)ccc32)cc1. The quantitative estimate of drug-likeness (QED) is 0.136. The number of nitrogens with one attached hydrogen (secondary N) is 3. The molecule has 10 aromatic carbocycles. The summed E-state index contributed by atoms with van der Waals surface area (Å²) < 4.78 is 7.05. The summed E-state index contributed by atoms with van der Waals surface area (Å²) in [6.07, 6.45) is 0. The average molecular weight is 847 g/mol. The summed E-state index contributed by atoms with van der Waals surface area (Å²) in [4.78, 5) is 0. The van der Waals surface area contributed by atoms with Gasteiger partial charge in [0, 0.05) is 83.5 Å². The van der Waals surface area contributed by atoms with Gasteiger partial charge in [0.05, 0.1) is 33.1 Å². The van der Waals surface area contributed by atoms with Crippen LogP contribution in [0.5, 0.6) is 0 Å². The molecule has 0 atom stereocenters. The summed E-state index contributed by atoms with van der Waals surface area (Å²) in [5.74, 6) is 0. The van der Waals surface area contributed by atoms with Crippen molar-refractivity contribution >= 4 is 99.5 Å². The van der Waals surface area contributed by atoms with E-state index in [-0.39, 0.29) is 0 Å². The molecule has 0 saturated heterocycles. The molecule has 66 heavy (non-hydrogen) atoms. The summed E-state index contributed by atoms with van der Waals surface area (Å²) >= 11 is 0. The lowest BCUT2D eigenvalue weighted by Crippen LogP contribution is -1.98. The smallest absolute Gasteiger partial charge is 0.0542 e. The van der Waals surface area contributed by atoms with Crippen LogP contribution >= 0.6 is 0 Å². The Kier molecular flexibility index (Phi) is 8.74. The van der Waals surface area contributed by atoms with E-state index in [1.54, 1.807) is 0 Å². The van der Waals surface area contributed by atoms with Gasteiger partial charge in [-0.1, -0.05) is 109 Å². The Labute approximate surface area is 381 Å². The van der Waals surface area contributed by atoms with Crippen LogP contribution in [0.25, 0.3) is 82.5 Å². The molecule has 13 rings (SSSR count). The van der Waals surface area contributed by atoms with Crippen molar-refractivity contribution in [1.29, 1.82) is 0 Å². The lowest BCUT2D eigenvalue weighted by atomic mass is 10.1. The van der Waals surface area contributed by atoms with Gasteiger partial charge in [0.2, 0.25) is 0 Å². The third kappa shape index (κ3) is 6.34. The highest BCUT2D eigenvalue weighted by atomic mass is 15.0. The number of anilines is 6. The van der Waals surface area contributed by atoms with E-state index in [4.69, 9.17) is 0 Å². The number of fused-ring (bicyclic) bond motifs is 9. The monoisotopic (exact) mass is 846 g/mol. The molecule has 0 saturated carbocycles. The molecule has 13 aromatic rings. The number of nitrogens with zero attached hydrogens (tertiary/aromatic N) is 3. The molecule has 3 aromatic heterocycles. The van der Waals surface area contributed by atoms with Crippen LogP contribution in [0.15, 0.2) is 237 Å². The third-order valence-electron chi connectivity index (χ3n) is 12.9. The van der Waals surface area contributed by atoms with Gasteiger partial charge < -0.3 is 29.7 Å². The standard InChI is InChI=1S/C60H42N6/c1-4-16-46(17-5-1)64-55-25-13-10-22-49(55)52-37-40(28-31-58(52)64)61-43-34-44(62-41-29-32-59-53(38-41)50-23-11-14-26-56(50)65(59)47-18-6-2-7-19-47)36-45(35-43)63-42-30-33-60-54(39-42)51-24-12-15-27-57(51)66(60)48-20-8-3-9-21-48/h1-39,61-63H. The summed E-state index contributed by atoms with van der Waals surface area (Å²) in [5.41, 5.74) is 16.4. The van der Waals surface area contributed by atoms with Crippen molar-refractivity contribution in [3.63, 3.8) is 0 Å². The van der Waals surface area contributed by atoms with E-state index < -0.39 is 0 Å². The van der Waals surface area contributed by atoms with Gasteiger partial charge in [-0.05, 0) is 127 Å². The first-order chi connectivity index (χ1) is 32.7. The Balaban J connectivity index is 0.914. The molecule has 0 spiro atoms. The first-order valence-corrected chi connectivity index (χ1v) is 22.4. The van der Waals surface area contributed by atoms with Gasteiger partial charge in [0.25, 0.3) is 0 Å². The van der Waals surface area contributed by atoms with Crippen LogP contribution < -0.4 is 16.0 Å². The molecule has 6 heteroatoms. The molecule has 0 aliphatic carbocycles. The zero-order chi connectivity index (χ0) is 43.6. The minimum Gasteiger partial charge on any atom is -0.355 e. The number of hydrogen-bond acceptors (Lipinski definition) is 3. The van der Waals surface area contributed by atoms with Crippen molar-refractivity contribution in [2.75, 3.05) is 16.0 Å².